The van der Waals surface area contributed by atoms with Gasteiger partial charge in [-0.25, -0.2) is 14.4 Å². The zero-order chi connectivity index (χ0) is 18.4. The van der Waals surface area contributed by atoms with Gasteiger partial charge in [0.15, 0.2) is 0 Å². The maximum absolute atomic E-state index is 12.9. The Bertz CT molecular complexity index is 966. The Morgan fingerprint density at radius 3 is 2.65 bits per heavy atom. The van der Waals surface area contributed by atoms with Crippen molar-refractivity contribution in [3.8, 4) is 6.07 Å². The van der Waals surface area contributed by atoms with Crippen LogP contribution in [0.1, 0.15) is 21.6 Å². The Morgan fingerprint density at radius 1 is 1.12 bits per heavy atom. The molecular formula is C19H14FN5O. The molecule has 0 saturated carbocycles. The van der Waals surface area contributed by atoms with Gasteiger partial charge in [-0.05, 0) is 35.9 Å². The van der Waals surface area contributed by atoms with Gasteiger partial charge in [-0.2, -0.15) is 5.26 Å². The molecule has 0 aliphatic carbocycles. The average molecular weight is 347 g/mol. The summed E-state index contributed by atoms with van der Waals surface area (Å²) in [6.45, 7) is 0.391. The van der Waals surface area contributed by atoms with Crippen LogP contribution < -0.4 is 10.6 Å². The smallest absolute Gasteiger partial charge is 0.274 e. The summed E-state index contributed by atoms with van der Waals surface area (Å²) in [6, 6.07) is 16.2. The summed E-state index contributed by atoms with van der Waals surface area (Å²) in [6.07, 6.45) is 1.46. The van der Waals surface area contributed by atoms with Crippen LogP contribution in [0.3, 0.4) is 0 Å². The van der Waals surface area contributed by atoms with Gasteiger partial charge in [-0.15, -0.1) is 0 Å². The maximum atomic E-state index is 12.9. The summed E-state index contributed by atoms with van der Waals surface area (Å²) >= 11 is 0. The molecule has 3 aromatic rings. The molecule has 3 rings (SSSR count). The minimum absolute atomic E-state index is 0.161. The molecule has 2 N–H and O–H groups in total. The molecule has 0 radical (unpaired) electrons. The number of carbonyl (C=O) groups is 1. The molecule has 0 spiro atoms. The zero-order valence-corrected chi connectivity index (χ0v) is 13.6. The fourth-order valence-corrected chi connectivity index (χ4v) is 2.23. The summed E-state index contributed by atoms with van der Waals surface area (Å²) < 4.78 is 12.9. The van der Waals surface area contributed by atoms with Crippen LogP contribution in [0.15, 0.2) is 60.8 Å². The SMILES string of the molecule is N#Cc1ccccc1NC(=O)c1ccnc(NCc2ccc(F)cc2)n1. The molecule has 0 fully saturated rings. The molecule has 0 aliphatic heterocycles. The largest absolute Gasteiger partial charge is 0.350 e. The Labute approximate surface area is 149 Å². The highest BCUT2D eigenvalue weighted by Gasteiger charge is 2.11. The van der Waals surface area contributed by atoms with Gasteiger partial charge in [0.25, 0.3) is 5.91 Å². The Morgan fingerprint density at radius 2 is 1.88 bits per heavy atom. The number of carbonyl (C=O) groups excluding carboxylic acids is 1. The predicted molar refractivity (Wildman–Crippen MR) is 94.9 cm³/mol. The summed E-state index contributed by atoms with van der Waals surface area (Å²) in [5, 5.41) is 14.7. The van der Waals surface area contributed by atoms with Gasteiger partial charge in [0, 0.05) is 12.7 Å². The van der Waals surface area contributed by atoms with Gasteiger partial charge in [0.1, 0.15) is 17.6 Å². The topological polar surface area (TPSA) is 90.7 Å². The van der Waals surface area contributed by atoms with E-state index in [-0.39, 0.29) is 17.5 Å². The maximum Gasteiger partial charge on any atom is 0.274 e. The van der Waals surface area contributed by atoms with Crippen molar-refractivity contribution in [3.05, 3.63) is 83.4 Å². The molecule has 0 atom stereocenters. The molecule has 1 heterocycles. The third kappa shape index (κ3) is 4.19. The van der Waals surface area contributed by atoms with E-state index in [9.17, 15) is 9.18 Å². The van der Waals surface area contributed by atoms with E-state index in [4.69, 9.17) is 5.26 Å². The summed E-state index contributed by atoms with van der Waals surface area (Å²) in [4.78, 5) is 20.6. The number of nitrogens with one attached hydrogen (secondary N) is 2. The van der Waals surface area contributed by atoms with E-state index in [1.165, 1.54) is 24.4 Å². The average Bonchev–Trinajstić information content (AvgIpc) is 2.68. The molecular weight excluding hydrogens is 333 g/mol. The number of benzene rings is 2. The first kappa shape index (κ1) is 17.0. The molecule has 2 aromatic carbocycles. The Kier molecular flexibility index (Phi) is 5.15. The van der Waals surface area contributed by atoms with Crippen molar-refractivity contribution in [2.75, 3.05) is 10.6 Å². The molecule has 7 heteroatoms. The van der Waals surface area contributed by atoms with Crippen molar-refractivity contribution in [1.82, 2.24) is 9.97 Å². The lowest BCUT2D eigenvalue weighted by molar-refractivity contribution is 0.102. The zero-order valence-electron chi connectivity index (χ0n) is 13.6. The van der Waals surface area contributed by atoms with Crippen LogP contribution in [0.2, 0.25) is 0 Å². The number of hydrogen-bond acceptors (Lipinski definition) is 5. The number of para-hydroxylation sites is 1. The van der Waals surface area contributed by atoms with Gasteiger partial charge in [-0.1, -0.05) is 24.3 Å². The highest BCUT2D eigenvalue weighted by atomic mass is 19.1. The molecule has 0 bridgehead atoms. The number of halogens is 1. The standard InChI is InChI=1S/C19H14FN5O/c20-15-7-5-13(6-8-15)12-23-19-22-10-9-17(25-19)18(26)24-16-4-2-1-3-14(16)11-21/h1-10H,12H2,(H,24,26)(H,22,23,25). The first-order chi connectivity index (χ1) is 12.7. The fourth-order valence-electron chi connectivity index (χ4n) is 2.23. The van der Waals surface area contributed by atoms with E-state index in [1.807, 2.05) is 6.07 Å². The first-order valence-electron chi connectivity index (χ1n) is 7.77. The van der Waals surface area contributed by atoms with Crippen molar-refractivity contribution in [2.45, 2.75) is 6.54 Å². The van der Waals surface area contributed by atoms with Crippen LogP contribution in [0.5, 0.6) is 0 Å². The van der Waals surface area contributed by atoms with E-state index in [0.717, 1.165) is 5.56 Å². The van der Waals surface area contributed by atoms with Crippen LogP contribution in [0, 0.1) is 17.1 Å². The van der Waals surface area contributed by atoms with Crippen LogP contribution in [-0.2, 0) is 6.54 Å². The second-order valence-corrected chi connectivity index (χ2v) is 5.36. The van der Waals surface area contributed by atoms with E-state index in [0.29, 0.717) is 17.8 Å². The van der Waals surface area contributed by atoms with Gasteiger partial charge < -0.3 is 10.6 Å². The molecule has 0 saturated heterocycles. The first-order valence-corrected chi connectivity index (χ1v) is 7.77. The van der Waals surface area contributed by atoms with Crippen molar-refractivity contribution in [2.24, 2.45) is 0 Å². The molecule has 0 unspecified atom stereocenters. The van der Waals surface area contributed by atoms with Crippen LogP contribution in [0.25, 0.3) is 0 Å². The van der Waals surface area contributed by atoms with Crippen molar-refractivity contribution in [3.63, 3.8) is 0 Å². The monoisotopic (exact) mass is 347 g/mol. The molecule has 128 valence electrons. The second kappa shape index (κ2) is 7.85. The van der Waals surface area contributed by atoms with Gasteiger partial charge in [-0.3, -0.25) is 4.79 Å². The van der Waals surface area contributed by atoms with E-state index in [2.05, 4.69) is 20.6 Å². The third-order valence-electron chi connectivity index (χ3n) is 3.55. The highest BCUT2D eigenvalue weighted by Crippen LogP contribution is 2.15. The van der Waals surface area contributed by atoms with E-state index >= 15 is 0 Å². The molecule has 6 nitrogen and oxygen atoms in total. The second-order valence-electron chi connectivity index (χ2n) is 5.36. The van der Waals surface area contributed by atoms with Gasteiger partial charge >= 0.3 is 0 Å². The number of nitrogens with zero attached hydrogens (tertiary/aromatic N) is 3. The molecule has 1 amide bonds. The molecule has 1 aromatic heterocycles. The molecule has 26 heavy (non-hydrogen) atoms. The lowest BCUT2D eigenvalue weighted by Crippen LogP contribution is -2.16. The minimum atomic E-state index is -0.445. The van der Waals surface area contributed by atoms with Crippen LogP contribution in [0.4, 0.5) is 16.0 Å². The van der Waals surface area contributed by atoms with Crippen molar-refractivity contribution >= 4 is 17.5 Å². The number of rotatable bonds is 5. The number of nitriles is 1. The lowest BCUT2D eigenvalue weighted by Gasteiger charge is -2.08. The fraction of sp³-hybridized carbons (Fsp3) is 0.0526. The van der Waals surface area contributed by atoms with Gasteiger partial charge in [0.05, 0.1) is 11.3 Å². The summed E-state index contributed by atoms with van der Waals surface area (Å²) in [5.74, 6) is -0.475. The van der Waals surface area contributed by atoms with Crippen molar-refractivity contribution in [1.29, 1.82) is 5.26 Å². The van der Waals surface area contributed by atoms with Crippen LogP contribution in [-0.4, -0.2) is 15.9 Å². The normalized spacial score (nSPS) is 10.0. The lowest BCUT2D eigenvalue weighted by atomic mass is 10.2. The summed E-state index contributed by atoms with van der Waals surface area (Å²) in [5.41, 5.74) is 1.80. The Hall–Kier alpha value is -3.79. The van der Waals surface area contributed by atoms with Crippen LogP contribution >= 0.6 is 0 Å². The highest BCUT2D eigenvalue weighted by molar-refractivity contribution is 6.03. The third-order valence-corrected chi connectivity index (χ3v) is 3.55. The number of hydrogen-bond donors (Lipinski definition) is 2. The van der Waals surface area contributed by atoms with Crippen molar-refractivity contribution < 1.29 is 9.18 Å². The van der Waals surface area contributed by atoms with Gasteiger partial charge in [0.2, 0.25) is 5.95 Å². The summed E-state index contributed by atoms with van der Waals surface area (Å²) in [7, 11) is 0. The minimum Gasteiger partial charge on any atom is -0.350 e. The van der Waals surface area contributed by atoms with E-state index in [1.54, 1.807) is 36.4 Å². The van der Waals surface area contributed by atoms with E-state index < -0.39 is 5.91 Å². The number of aromatic nitrogens is 2. The molecule has 0 aliphatic rings. The predicted octanol–water partition coefficient (Wildman–Crippen LogP) is 3.35. The number of anilines is 2. The Balaban J connectivity index is 1.69. The quantitative estimate of drug-likeness (QED) is 0.738. The number of amides is 1.